The van der Waals surface area contributed by atoms with E-state index in [2.05, 4.69) is 5.32 Å². The molecule has 5 heteroatoms. The van der Waals surface area contributed by atoms with Crippen LogP contribution < -0.4 is 10.1 Å². The van der Waals surface area contributed by atoms with E-state index < -0.39 is 6.09 Å². The van der Waals surface area contributed by atoms with Crippen molar-refractivity contribution in [3.63, 3.8) is 0 Å². The van der Waals surface area contributed by atoms with E-state index in [9.17, 15) is 9.59 Å². The first-order valence-electron chi connectivity index (χ1n) is 6.34. The van der Waals surface area contributed by atoms with Crippen molar-refractivity contribution in [2.24, 2.45) is 0 Å². The monoisotopic (exact) mass is 285 g/mol. The first-order chi connectivity index (χ1) is 10.2. The minimum absolute atomic E-state index is 0.166. The van der Waals surface area contributed by atoms with E-state index in [0.717, 1.165) is 5.56 Å². The topological polar surface area (TPSA) is 64.6 Å². The van der Waals surface area contributed by atoms with E-state index in [0.29, 0.717) is 23.3 Å². The van der Waals surface area contributed by atoms with Crippen LogP contribution in [0, 0.1) is 0 Å². The lowest BCUT2D eigenvalue weighted by atomic mass is 10.2. The van der Waals surface area contributed by atoms with Crippen LogP contribution in [0.1, 0.15) is 15.9 Å². The molecule has 0 unspecified atom stereocenters. The second-order valence-electron chi connectivity index (χ2n) is 4.26. The number of anilines is 1. The molecule has 0 aliphatic rings. The van der Waals surface area contributed by atoms with Crippen LogP contribution in [0.4, 0.5) is 10.5 Å². The van der Waals surface area contributed by atoms with Gasteiger partial charge in [0.15, 0.2) is 6.29 Å². The summed E-state index contributed by atoms with van der Waals surface area (Å²) in [7, 11) is 1.51. The Morgan fingerprint density at radius 3 is 2.62 bits per heavy atom. The van der Waals surface area contributed by atoms with Gasteiger partial charge in [-0.2, -0.15) is 0 Å². The summed E-state index contributed by atoms with van der Waals surface area (Å²) < 4.78 is 10.1. The Labute approximate surface area is 122 Å². The molecule has 108 valence electrons. The lowest BCUT2D eigenvalue weighted by Gasteiger charge is -2.10. The fraction of sp³-hybridized carbons (Fsp3) is 0.125. The molecule has 0 aromatic heterocycles. The van der Waals surface area contributed by atoms with Crippen LogP contribution in [0.15, 0.2) is 48.5 Å². The molecular weight excluding hydrogens is 270 g/mol. The van der Waals surface area contributed by atoms with Gasteiger partial charge in [-0.1, -0.05) is 30.3 Å². The van der Waals surface area contributed by atoms with Crippen molar-refractivity contribution in [2.45, 2.75) is 6.61 Å². The summed E-state index contributed by atoms with van der Waals surface area (Å²) in [5.41, 5.74) is 1.59. The first kappa shape index (κ1) is 14.6. The van der Waals surface area contributed by atoms with Gasteiger partial charge in [0.05, 0.1) is 12.8 Å². The van der Waals surface area contributed by atoms with Crippen LogP contribution in [-0.4, -0.2) is 19.5 Å². The van der Waals surface area contributed by atoms with Gasteiger partial charge >= 0.3 is 6.09 Å². The highest BCUT2D eigenvalue weighted by atomic mass is 16.5. The third-order valence-corrected chi connectivity index (χ3v) is 2.84. The number of ether oxygens (including phenoxy) is 2. The average molecular weight is 285 g/mol. The van der Waals surface area contributed by atoms with Crippen LogP contribution >= 0.6 is 0 Å². The van der Waals surface area contributed by atoms with Crippen molar-refractivity contribution in [1.82, 2.24) is 0 Å². The normalized spacial score (nSPS) is 9.76. The molecule has 0 aliphatic carbocycles. The van der Waals surface area contributed by atoms with Gasteiger partial charge in [0.2, 0.25) is 0 Å². The van der Waals surface area contributed by atoms with Gasteiger partial charge in [-0.25, -0.2) is 4.79 Å². The SMILES string of the molecule is COc1ccc(NC(=O)OCc2ccccc2)c(C=O)c1. The lowest BCUT2D eigenvalue weighted by Crippen LogP contribution is -2.14. The molecule has 0 atom stereocenters. The van der Waals surface area contributed by atoms with Crippen LogP contribution in [-0.2, 0) is 11.3 Å². The zero-order valence-electron chi connectivity index (χ0n) is 11.5. The van der Waals surface area contributed by atoms with Gasteiger partial charge in [0, 0.05) is 5.56 Å². The van der Waals surface area contributed by atoms with Crippen molar-refractivity contribution in [1.29, 1.82) is 0 Å². The highest BCUT2D eigenvalue weighted by Crippen LogP contribution is 2.20. The number of methoxy groups -OCH3 is 1. The van der Waals surface area contributed by atoms with Crippen molar-refractivity contribution in [3.05, 3.63) is 59.7 Å². The highest BCUT2D eigenvalue weighted by Gasteiger charge is 2.09. The van der Waals surface area contributed by atoms with Crippen molar-refractivity contribution in [3.8, 4) is 5.75 Å². The minimum atomic E-state index is -0.618. The highest BCUT2D eigenvalue weighted by molar-refractivity contribution is 5.93. The average Bonchev–Trinajstić information content (AvgIpc) is 2.54. The van der Waals surface area contributed by atoms with Crippen LogP contribution in [0.3, 0.4) is 0 Å². The number of rotatable bonds is 5. The van der Waals surface area contributed by atoms with E-state index >= 15 is 0 Å². The Morgan fingerprint density at radius 1 is 1.19 bits per heavy atom. The fourth-order valence-electron chi connectivity index (χ4n) is 1.75. The molecule has 0 fully saturated rings. The zero-order valence-corrected chi connectivity index (χ0v) is 11.5. The maximum atomic E-state index is 11.7. The number of nitrogens with one attached hydrogen (secondary N) is 1. The number of hydrogen-bond donors (Lipinski definition) is 1. The Bertz CT molecular complexity index is 625. The molecule has 2 aromatic rings. The molecule has 21 heavy (non-hydrogen) atoms. The number of benzene rings is 2. The Kier molecular flexibility index (Phi) is 4.93. The summed E-state index contributed by atoms with van der Waals surface area (Å²) in [6, 6.07) is 14.1. The van der Waals surface area contributed by atoms with E-state index in [1.165, 1.54) is 7.11 Å². The summed E-state index contributed by atoms with van der Waals surface area (Å²) >= 11 is 0. The molecule has 5 nitrogen and oxygen atoms in total. The van der Waals surface area contributed by atoms with Crippen LogP contribution in [0.2, 0.25) is 0 Å². The van der Waals surface area contributed by atoms with Crippen molar-refractivity contribution in [2.75, 3.05) is 12.4 Å². The molecule has 0 heterocycles. The quantitative estimate of drug-likeness (QED) is 0.856. The molecule has 0 spiro atoms. The van der Waals surface area contributed by atoms with Gasteiger partial charge in [-0.3, -0.25) is 10.1 Å². The van der Waals surface area contributed by atoms with Gasteiger partial charge in [0.1, 0.15) is 12.4 Å². The predicted molar refractivity (Wildman–Crippen MR) is 78.6 cm³/mol. The third kappa shape index (κ3) is 4.07. The standard InChI is InChI=1S/C16H15NO4/c1-20-14-7-8-15(13(9-14)10-18)17-16(19)21-11-12-5-3-2-4-6-12/h2-10H,11H2,1H3,(H,17,19). The molecular formula is C16H15NO4. The van der Waals surface area contributed by atoms with E-state index in [1.807, 2.05) is 30.3 Å². The maximum Gasteiger partial charge on any atom is 0.411 e. The van der Waals surface area contributed by atoms with Gasteiger partial charge in [-0.15, -0.1) is 0 Å². The summed E-state index contributed by atoms with van der Waals surface area (Å²) in [6.45, 7) is 0.166. The molecule has 1 N–H and O–H groups in total. The molecule has 2 aromatic carbocycles. The third-order valence-electron chi connectivity index (χ3n) is 2.84. The van der Waals surface area contributed by atoms with Crippen LogP contribution in [0.25, 0.3) is 0 Å². The van der Waals surface area contributed by atoms with Gasteiger partial charge in [0.25, 0.3) is 0 Å². The van der Waals surface area contributed by atoms with Crippen molar-refractivity contribution < 1.29 is 19.1 Å². The van der Waals surface area contributed by atoms with Gasteiger partial charge in [-0.05, 0) is 23.8 Å². The predicted octanol–water partition coefficient (Wildman–Crippen LogP) is 3.26. The van der Waals surface area contributed by atoms with E-state index in [4.69, 9.17) is 9.47 Å². The fourth-order valence-corrected chi connectivity index (χ4v) is 1.75. The zero-order chi connectivity index (χ0) is 15.1. The molecule has 0 saturated carbocycles. The number of carbonyl (C=O) groups excluding carboxylic acids is 2. The smallest absolute Gasteiger partial charge is 0.411 e. The molecule has 1 amide bonds. The minimum Gasteiger partial charge on any atom is -0.497 e. The molecule has 0 saturated heterocycles. The second-order valence-corrected chi connectivity index (χ2v) is 4.26. The van der Waals surface area contributed by atoms with Crippen molar-refractivity contribution >= 4 is 18.1 Å². The van der Waals surface area contributed by atoms with E-state index in [-0.39, 0.29) is 6.61 Å². The molecule has 0 radical (unpaired) electrons. The van der Waals surface area contributed by atoms with E-state index in [1.54, 1.807) is 18.2 Å². The Balaban J connectivity index is 1.98. The molecule has 0 bridgehead atoms. The van der Waals surface area contributed by atoms with Crippen LogP contribution in [0.5, 0.6) is 5.75 Å². The lowest BCUT2D eigenvalue weighted by molar-refractivity contribution is 0.112. The molecule has 0 aliphatic heterocycles. The number of hydrogen-bond acceptors (Lipinski definition) is 4. The number of carbonyl (C=O) groups is 2. The Hall–Kier alpha value is -2.82. The second kappa shape index (κ2) is 7.09. The number of aldehydes is 1. The summed E-state index contributed by atoms with van der Waals surface area (Å²) in [5.74, 6) is 0.542. The summed E-state index contributed by atoms with van der Waals surface area (Å²) in [6.07, 6.45) is 0.0297. The summed E-state index contributed by atoms with van der Waals surface area (Å²) in [5, 5.41) is 2.54. The first-order valence-corrected chi connectivity index (χ1v) is 6.34. The maximum absolute atomic E-state index is 11.7. The number of amides is 1. The summed E-state index contributed by atoms with van der Waals surface area (Å²) in [4.78, 5) is 22.7. The van der Waals surface area contributed by atoms with Gasteiger partial charge < -0.3 is 9.47 Å². The Morgan fingerprint density at radius 2 is 1.95 bits per heavy atom. The largest absolute Gasteiger partial charge is 0.497 e. The molecule has 2 rings (SSSR count).